The van der Waals surface area contributed by atoms with Gasteiger partial charge in [-0.05, 0) is 17.7 Å². The number of hydrogen-bond acceptors (Lipinski definition) is 7. The maximum atomic E-state index is 12.3. The van der Waals surface area contributed by atoms with Crippen LogP contribution in [0.4, 0.5) is 0 Å². The summed E-state index contributed by atoms with van der Waals surface area (Å²) in [7, 11) is 3.44. The van der Waals surface area contributed by atoms with Crippen molar-refractivity contribution in [2.75, 3.05) is 45.2 Å². The Balaban J connectivity index is 2.41. The lowest BCUT2D eigenvalue weighted by molar-refractivity contribution is 0.0392. The molecule has 0 fully saturated rings. The van der Waals surface area contributed by atoms with E-state index in [9.17, 15) is 4.79 Å². The predicted molar refractivity (Wildman–Crippen MR) is 138 cm³/mol. The van der Waals surface area contributed by atoms with Crippen molar-refractivity contribution in [2.24, 2.45) is 5.92 Å². The average molecular weight is 482 g/mol. The third-order valence-electron chi connectivity index (χ3n) is 4.00. The van der Waals surface area contributed by atoms with E-state index in [1.54, 1.807) is 21.6 Å². The summed E-state index contributed by atoms with van der Waals surface area (Å²) < 4.78 is 11.7. The summed E-state index contributed by atoms with van der Waals surface area (Å²) in [6.45, 7) is 14.1. The van der Waals surface area contributed by atoms with E-state index in [2.05, 4.69) is 62.5 Å². The largest absolute Gasteiger partial charge is 0.377 e. The molecule has 3 N–H and O–H groups in total. The van der Waals surface area contributed by atoms with Gasteiger partial charge in [-0.25, -0.2) is 0 Å². The molecule has 0 aliphatic carbocycles. The molecule has 0 aromatic heterocycles. The van der Waals surface area contributed by atoms with E-state index in [0.717, 1.165) is 17.9 Å². The SMILES string of the molecule is CCSSC(OCCOCCNC#CC(C)C)c1ccc(C(=O)NCCNC(C)C)cc1. The Kier molecular flexibility index (Phi) is 16.2. The minimum Gasteiger partial charge on any atom is -0.377 e. The average Bonchev–Trinajstić information content (AvgIpc) is 2.77. The number of nitrogens with one attached hydrogen (secondary N) is 3. The highest BCUT2D eigenvalue weighted by atomic mass is 33.1. The normalized spacial score (nSPS) is 11.8. The zero-order valence-corrected chi connectivity index (χ0v) is 21.7. The molecule has 0 spiro atoms. The number of ether oxygens (including phenoxy) is 2. The molecule has 1 aromatic carbocycles. The van der Waals surface area contributed by atoms with Crippen LogP contribution >= 0.6 is 21.6 Å². The Labute approximate surface area is 202 Å². The minimum atomic E-state index is -0.106. The number of carbonyl (C=O) groups excluding carboxylic acids is 1. The van der Waals surface area contributed by atoms with Gasteiger partial charge in [0.25, 0.3) is 5.91 Å². The van der Waals surface area contributed by atoms with Crippen molar-refractivity contribution >= 4 is 27.5 Å². The van der Waals surface area contributed by atoms with Crippen LogP contribution in [0.1, 0.15) is 56.0 Å². The van der Waals surface area contributed by atoms with Gasteiger partial charge in [0.2, 0.25) is 0 Å². The van der Waals surface area contributed by atoms with Crippen LogP contribution in [0.25, 0.3) is 0 Å². The lowest BCUT2D eigenvalue weighted by Crippen LogP contribution is -2.34. The van der Waals surface area contributed by atoms with E-state index in [1.165, 1.54) is 0 Å². The molecule has 0 heterocycles. The van der Waals surface area contributed by atoms with Crippen molar-refractivity contribution in [1.82, 2.24) is 16.0 Å². The van der Waals surface area contributed by atoms with Crippen LogP contribution < -0.4 is 16.0 Å². The van der Waals surface area contributed by atoms with Crippen LogP contribution in [0.2, 0.25) is 0 Å². The fourth-order valence-corrected chi connectivity index (χ4v) is 4.40. The Morgan fingerprint density at radius 2 is 1.78 bits per heavy atom. The van der Waals surface area contributed by atoms with E-state index < -0.39 is 0 Å². The van der Waals surface area contributed by atoms with Gasteiger partial charge in [0, 0.05) is 49.0 Å². The lowest BCUT2D eigenvalue weighted by Gasteiger charge is -2.17. The zero-order chi connectivity index (χ0) is 23.6. The first-order valence-electron chi connectivity index (χ1n) is 11.3. The Morgan fingerprint density at radius 3 is 2.44 bits per heavy atom. The molecule has 0 aliphatic heterocycles. The first-order chi connectivity index (χ1) is 15.4. The van der Waals surface area contributed by atoms with Crippen LogP contribution in [-0.2, 0) is 9.47 Å². The summed E-state index contributed by atoms with van der Waals surface area (Å²) in [6, 6.07) is 11.0. The zero-order valence-electron chi connectivity index (χ0n) is 20.0. The molecule has 0 saturated carbocycles. The molecule has 1 amide bonds. The van der Waals surface area contributed by atoms with Gasteiger partial charge in [0.15, 0.2) is 0 Å². The minimum absolute atomic E-state index is 0.0599. The highest BCUT2D eigenvalue weighted by Gasteiger charge is 2.14. The van der Waals surface area contributed by atoms with E-state index in [0.29, 0.717) is 50.4 Å². The Bertz CT molecular complexity index is 688. The van der Waals surface area contributed by atoms with Gasteiger partial charge in [0.05, 0.1) is 19.8 Å². The molecule has 1 atom stereocenters. The number of hydrogen-bond donors (Lipinski definition) is 3. The maximum absolute atomic E-state index is 12.3. The summed E-state index contributed by atoms with van der Waals surface area (Å²) in [5.74, 6) is 4.35. The lowest BCUT2D eigenvalue weighted by atomic mass is 10.1. The third kappa shape index (κ3) is 13.9. The quantitative estimate of drug-likeness (QED) is 0.108. The van der Waals surface area contributed by atoms with Gasteiger partial charge >= 0.3 is 0 Å². The standard InChI is InChI=1S/C24H39N3O3S2/c1-6-31-32-24(30-18-17-29-16-15-25-12-11-19(2)3)22-9-7-21(8-10-22)23(28)27-14-13-26-20(4)5/h7-10,19-20,24-26H,6,13-18H2,1-5H3,(H,27,28). The second kappa shape index (κ2) is 18.1. The highest BCUT2D eigenvalue weighted by molar-refractivity contribution is 8.76. The summed E-state index contributed by atoms with van der Waals surface area (Å²) in [4.78, 5) is 12.3. The van der Waals surface area contributed by atoms with Gasteiger partial charge in [-0.3, -0.25) is 4.79 Å². The monoisotopic (exact) mass is 481 g/mol. The van der Waals surface area contributed by atoms with Crippen molar-refractivity contribution in [2.45, 2.75) is 46.1 Å². The molecular weight excluding hydrogens is 442 g/mol. The Morgan fingerprint density at radius 1 is 1.03 bits per heavy atom. The fraction of sp³-hybridized carbons (Fsp3) is 0.625. The summed E-state index contributed by atoms with van der Waals surface area (Å²) in [5.41, 5.74) is 1.59. The first-order valence-corrected chi connectivity index (χ1v) is 13.6. The van der Waals surface area contributed by atoms with Crippen LogP contribution in [0.15, 0.2) is 24.3 Å². The van der Waals surface area contributed by atoms with Crippen molar-refractivity contribution in [3.05, 3.63) is 35.4 Å². The predicted octanol–water partition coefficient (Wildman–Crippen LogP) is 4.05. The summed E-state index contributed by atoms with van der Waals surface area (Å²) >= 11 is 0. The topological polar surface area (TPSA) is 71.6 Å². The van der Waals surface area contributed by atoms with E-state index >= 15 is 0 Å². The van der Waals surface area contributed by atoms with Crippen molar-refractivity contribution in [3.8, 4) is 12.0 Å². The van der Waals surface area contributed by atoms with Gasteiger partial charge in [0.1, 0.15) is 5.44 Å². The smallest absolute Gasteiger partial charge is 0.251 e. The van der Waals surface area contributed by atoms with E-state index in [-0.39, 0.29) is 11.3 Å². The molecule has 1 rings (SSSR count). The molecular formula is C24H39N3O3S2. The maximum Gasteiger partial charge on any atom is 0.251 e. The molecule has 6 nitrogen and oxygen atoms in total. The molecule has 0 saturated heterocycles. The highest BCUT2D eigenvalue weighted by Crippen LogP contribution is 2.38. The van der Waals surface area contributed by atoms with Crippen molar-refractivity contribution in [3.63, 3.8) is 0 Å². The van der Waals surface area contributed by atoms with Gasteiger partial charge in [-0.15, -0.1) is 0 Å². The molecule has 0 radical (unpaired) electrons. The van der Waals surface area contributed by atoms with Crippen LogP contribution in [0, 0.1) is 17.9 Å². The van der Waals surface area contributed by atoms with Crippen LogP contribution in [-0.4, -0.2) is 57.2 Å². The second-order valence-corrected chi connectivity index (χ2v) is 10.4. The van der Waals surface area contributed by atoms with Crippen LogP contribution in [0.3, 0.4) is 0 Å². The molecule has 180 valence electrons. The second-order valence-electron chi connectivity index (χ2n) is 7.66. The molecule has 8 heteroatoms. The van der Waals surface area contributed by atoms with Crippen molar-refractivity contribution in [1.29, 1.82) is 0 Å². The number of carbonyl (C=O) groups is 1. The van der Waals surface area contributed by atoms with Gasteiger partial charge < -0.3 is 25.4 Å². The molecule has 0 bridgehead atoms. The van der Waals surface area contributed by atoms with E-state index in [4.69, 9.17) is 9.47 Å². The molecule has 0 aliphatic rings. The first kappa shape index (κ1) is 28.7. The third-order valence-corrected chi connectivity index (χ3v) is 6.59. The number of benzene rings is 1. The van der Waals surface area contributed by atoms with Crippen molar-refractivity contribution < 1.29 is 14.3 Å². The van der Waals surface area contributed by atoms with Crippen LogP contribution in [0.5, 0.6) is 0 Å². The molecule has 32 heavy (non-hydrogen) atoms. The number of amides is 1. The number of rotatable bonds is 16. The van der Waals surface area contributed by atoms with Gasteiger partial charge in [-0.1, -0.05) is 74.3 Å². The van der Waals surface area contributed by atoms with E-state index in [1.807, 2.05) is 24.3 Å². The Hall–Kier alpha value is -1.37. The summed E-state index contributed by atoms with van der Waals surface area (Å²) in [5, 5.41) is 9.26. The molecule has 1 aromatic rings. The van der Waals surface area contributed by atoms with Gasteiger partial charge in [-0.2, -0.15) is 0 Å². The summed E-state index contributed by atoms with van der Waals surface area (Å²) in [6.07, 6.45) is 0. The fourth-order valence-electron chi connectivity index (χ4n) is 2.44. The molecule has 1 unspecified atom stereocenters.